The Bertz CT molecular complexity index is 416. The van der Waals surface area contributed by atoms with Gasteiger partial charge in [0.2, 0.25) is 0 Å². The fraction of sp³-hybridized carbons (Fsp3) is 0.167. The highest BCUT2D eigenvalue weighted by Gasteiger charge is 1.98. The predicted molar refractivity (Wildman–Crippen MR) is 57.3 cm³/mol. The third-order valence-electron chi connectivity index (χ3n) is 1.84. The van der Waals surface area contributed by atoms with Gasteiger partial charge in [0, 0.05) is 5.56 Å². The van der Waals surface area contributed by atoms with Crippen LogP contribution in [0.15, 0.2) is 30.3 Å². The van der Waals surface area contributed by atoms with Gasteiger partial charge < -0.3 is 4.74 Å². The molecule has 0 spiro atoms. The van der Waals surface area contributed by atoms with Crippen LogP contribution in [-0.2, 0) is 4.79 Å². The van der Waals surface area contributed by atoms with Crippen molar-refractivity contribution in [2.45, 2.75) is 6.42 Å². The SMILES string of the molecule is COc1ccccc1/C=C/C(=O)CC#N. The van der Waals surface area contributed by atoms with Crippen LogP contribution in [0.3, 0.4) is 0 Å². The summed E-state index contributed by atoms with van der Waals surface area (Å²) in [6.45, 7) is 0. The van der Waals surface area contributed by atoms with Crippen molar-refractivity contribution >= 4 is 11.9 Å². The smallest absolute Gasteiger partial charge is 0.169 e. The Hall–Kier alpha value is -2.08. The second-order valence-corrected chi connectivity index (χ2v) is 2.88. The van der Waals surface area contributed by atoms with Gasteiger partial charge in [-0.25, -0.2) is 0 Å². The Morgan fingerprint density at radius 2 is 2.27 bits per heavy atom. The molecule has 0 unspecified atom stereocenters. The fourth-order valence-corrected chi connectivity index (χ4v) is 1.12. The Balaban J connectivity index is 2.80. The number of hydrogen-bond acceptors (Lipinski definition) is 3. The number of para-hydroxylation sites is 1. The van der Waals surface area contributed by atoms with Gasteiger partial charge in [0.25, 0.3) is 0 Å². The number of nitrogens with zero attached hydrogens (tertiary/aromatic N) is 1. The van der Waals surface area contributed by atoms with Crippen LogP contribution in [0, 0.1) is 11.3 Å². The van der Waals surface area contributed by atoms with Crippen molar-refractivity contribution < 1.29 is 9.53 Å². The van der Waals surface area contributed by atoms with E-state index < -0.39 is 0 Å². The zero-order valence-corrected chi connectivity index (χ0v) is 8.43. The van der Waals surface area contributed by atoms with E-state index in [1.807, 2.05) is 24.3 Å². The van der Waals surface area contributed by atoms with Gasteiger partial charge in [-0.1, -0.05) is 18.2 Å². The summed E-state index contributed by atoms with van der Waals surface area (Å²) >= 11 is 0. The maximum atomic E-state index is 11.1. The maximum absolute atomic E-state index is 11.1. The van der Waals surface area contributed by atoms with Crippen LogP contribution in [0.5, 0.6) is 5.75 Å². The first kappa shape index (κ1) is 11.0. The average Bonchev–Trinajstić information content (AvgIpc) is 2.27. The van der Waals surface area contributed by atoms with Crippen molar-refractivity contribution in [3.63, 3.8) is 0 Å². The van der Waals surface area contributed by atoms with Gasteiger partial charge in [-0.2, -0.15) is 5.26 Å². The van der Waals surface area contributed by atoms with Gasteiger partial charge in [0.15, 0.2) is 5.78 Å². The quantitative estimate of drug-likeness (QED) is 0.701. The summed E-state index contributed by atoms with van der Waals surface area (Å²) in [6.07, 6.45) is 2.95. The molecule has 3 nitrogen and oxygen atoms in total. The standard InChI is InChI=1S/C12H11NO2/c1-15-12-5-3-2-4-10(12)6-7-11(14)8-9-13/h2-7H,8H2,1H3/b7-6+. The molecule has 1 aromatic carbocycles. The summed E-state index contributed by atoms with van der Waals surface area (Å²) in [5.74, 6) is 0.502. The highest BCUT2D eigenvalue weighted by atomic mass is 16.5. The summed E-state index contributed by atoms with van der Waals surface area (Å²) in [5.41, 5.74) is 0.825. The zero-order chi connectivity index (χ0) is 11.1. The molecule has 0 aliphatic carbocycles. The van der Waals surface area contributed by atoms with Crippen LogP contribution in [0.2, 0.25) is 0 Å². The minimum Gasteiger partial charge on any atom is -0.496 e. The number of carbonyl (C=O) groups excluding carboxylic acids is 1. The summed E-state index contributed by atoms with van der Waals surface area (Å²) in [5, 5.41) is 8.31. The highest BCUT2D eigenvalue weighted by molar-refractivity contribution is 5.95. The molecule has 0 amide bonds. The topological polar surface area (TPSA) is 50.1 Å². The summed E-state index contributed by atoms with van der Waals surface area (Å²) in [4.78, 5) is 11.1. The van der Waals surface area contributed by atoms with E-state index >= 15 is 0 Å². The van der Waals surface area contributed by atoms with Gasteiger partial charge in [-0.05, 0) is 18.2 Å². The predicted octanol–water partition coefficient (Wildman–Crippen LogP) is 2.19. The Morgan fingerprint density at radius 1 is 1.53 bits per heavy atom. The van der Waals surface area contributed by atoms with Crippen LogP contribution in [0.25, 0.3) is 6.08 Å². The molecular weight excluding hydrogens is 190 g/mol. The molecule has 0 saturated heterocycles. The lowest BCUT2D eigenvalue weighted by molar-refractivity contribution is -0.113. The van der Waals surface area contributed by atoms with Crippen LogP contribution in [-0.4, -0.2) is 12.9 Å². The minimum absolute atomic E-state index is 0.0916. The number of nitriles is 1. The number of ketones is 1. The van der Waals surface area contributed by atoms with E-state index in [4.69, 9.17) is 10.00 Å². The Kier molecular flexibility index (Phi) is 4.11. The van der Waals surface area contributed by atoms with E-state index in [0.717, 1.165) is 5.56 Å². The van der Waals surface area contributed by atoms with E-state index in [0.29, 0.717) is 5.75 Å². The highest BCUT2D eigenvalue weighted by Crippen LogP contribution is 2.18. The number of carbonyl (C=O) groups is 1. The third kappa shape index (κ3) is 3.28. The maximum Gasteiger partial charge on any atom is 0.169 e. The monoisotopic (exact) mass is 201 g/mol. The number of hydrogen-bond donors (Lipinski definition) is 0. The number of allylic oxidation sites excluding steroid dienone is 1. The van der Waals surface area contributed by atoms with Crippen LogP contribution in [0.4, 0.5) is 0 Å². The number of ether oxygens (including phenoxy) is 1. The molecular formula is C12H11NO2. The lowest BCUT2D eigenvalue weighted by atomic mass is 10.1. The largest absolute Gasteiger partial charge is 0.496 e. The van der Waals surface area contributed by atoms with Gasteiger partial charge >= 0.3 is 0 Å². The molecule has 1 aromatic rings. The number of benzene rings is 1. The Morgan fingerprint density at radius 3 is 2.93 bits per heavy atom. The van der Waals surface area contributed by atoms with E-state index in [9.17, 15) is 4.79 Å². The molecule has 1 rings (SSSR count). The van der Waals surface area contributed by atoms with E-state index in [1.54, 1.807) is 19.3 Å². The van der Waals surface area contributed by atoms with Gasteiger partial charge in [0.1, 0.15) is 5.75 Å². The minimum atomic E-state index is -0.205. The molecule has 0 heterocycles. The van der Waals surface area contributed by atoms with E-state index in [1.165, 1.54) is 6.08 Å². The second kappa shape index (κ2) is 5.61. The molecule has 3 heteroatoms. The molecule has 0 aliphatic rings. The molecule has 0 atom stereocenters. The first-order chi connectivity index (χ1) is 7.27. The van der Waals surface area contributed by atoms with E-state index in [-0.39, 0.29) is 12.2 Å². The second-order valence-electron chi connectivity index (χ2n) is 2.88. The molecule has 0 aliphatic heterocycles. The lowest BCUT2D eigenvalue weighted by Crippen LogP contribution is -1.90. The summed E-state index contributed by atoms with van der Waals surface area (Å²) in [6, 6.07) is 9.17. The van der Waals surface area contributed by atoms with Crippen molar-refractivity contribution in [3.8, 4) is 11.8 Å². The van der Waals surface area contributed by atoms with Gasteiger partial charge in [-0.3, -0.25) is 4.79 Å². The summed E-state index contributed by atoms with van der Waals surface area (Å²) in [7, 11) is 1.57. The molecule has 0 N–H and O–H groups in total. The van der Waals surface area contributed by atoms with Crippen LogP contribution >= 0.6 is 0 Å². The molecule has 0 bridgehead atoms. The van der Waals surface area contributed by atoms with Crippen molar-refractivity contribution in [2.75, 3.05) is 7.11 Å². The van der Waals surface area contributed by atoms with Crippen LogP contribution in [0.1, 0.15) is 12.0 Å². The Labute approximate surface area is 88.6 Å². The molecule has 0 aromatic heterocycles. The van der Waals surface area contributed by atoms with Crippen molar-refractivity contribution in [3.05, 3.63) is 35.9 Å². The molecule has 0 radical (unpaired) electrons. The first-order valence-corrected chi connectivity index (χ1v) is 4.49. The van der Waals surface area contributed by atoms with Crippen LogP contribution < -0.4 is 4.74 Å². The van der Waals surface area contributed by atoms with Gasteiger partial charge in [0.05, 0.1) is 19.6 Å². The lowest BCUT2D eigenvalue weighted by Gasteiger charge is -2.02. The molecule has 0 fully saturated rings. The first-order valence-electron chi connectivity index (χ1n) is 4.49. The van der Waals surface area contributed by atoms with Crippen molar-refractivity contribution in [1.82, 2.24) is 0 Å². The number of rotatable bonds is 4. The molecule has 15 heavy (non-hydrogen) atoms. The van der Waals surface area contributed by atoms with Gasteiger partial charge in [-0.15, -0.1) is 0 Å². The normalized spacial score (nSPS) is 9.87. The van der Waals surface area contributed by atoms with Crippen molar-refractivity contribution in [2.24, 2.45) is 0 Å². The number of methoxy groups -OCH3 is 1. The van der Waals surface area contributed by atoms with E-state index in [2.05, 4.69) is 0 Å². The molecule has 76 valence electrons. The third-order valence-corrected chi connectivity index (χ3v) is 1.84. The zero-order valence-electron chi connectivity index (χ0n) is 8.43. The fourth-order valence-electron chi connectivity index (χ4n) is 1.12. The average molecular weight is 201 g/mol. The van der Waals surface area contributed by atoms with Crippen molar-refractivity contribution in [1.29, 1.82) is 5.26 Å². The summed E-state index contributed by atoms with van der Waals surface area (Å²) < 4.78 is 5.11. The molecule has 0 saturated carbocycles.